The summed E-state index contributed by atoms with van der Waals surface area (Å²) in [5.74, 6) is 0.879. The molecule has 1 N–H and O–H groups in total. The average molecular weight is 431 g/mol. The predicted molar refractivity (Wildman–Crippen MR) is 117 cm³/mol. The number of unbranched alkanes of at least 4 members (excludes halogenated alkanes) is 1. The normalized spacial score (nSPS) is 12.1. The number of amides is 1. The molecule has 0 fully saturated rings. The Bertz CT molecular complexity index is 494. The first kappa shape index (κ1) is 25.2. The Balaban J connectivity index is 1.80. The van der Waals surface area contributed by atoms with E-state index in [1.54, 1.807) is 27.8 Å². The van der Waals surface area contributed by atoms with Gasteiger partial charge in [0, 0.05) is 44.7 Å². The third-order valence-electron chi connectivity index (χ3n) is 3.72. The molecule has 0 aliphatic heterocycles. The molecule has 1 rings (SSSR count). The van der Waals surface area contributed by atoms with Gasteiger partial charge < -0.3 is 19.5 Å². The van der Waals surface area contributed by atoms with Crippen LogP contribution < -0.4 is 5.32 Å². The standard InChI is InChI=1S/C20H34N2O4S2/c1-3-26-18(2)9-14-25-16-15-24-13-7-6-11-21-19(23)10-17-27-28-20-8-4-5-12-22-20/h4-5,8,12,18H,3,6-7,9-11,13-17H2,1-2H3,(H,21,23). The fourth-order valence-corrected chi connectivity index (χ4v) is 4.09. The zero-order chi connectivity index (χ0) is 20.3. The van der Waals surface area contributed by atoms with Gasteiger partial charge in [0.1, 0.15) is 5.03 Å². The highest BCUT2D eigenvalue weighted by Crippen LogP contribution is 2.29. The quantitative estimate of drug-likeness (QED) is 0.279. The van der Waals surface area contributed by atoms with Crippen molar-refractivity contribution in [3.8, 4) is 0 Å². The van der Waals surface area contributed by atoms with Gasteiger partial charge in [0.25, 0.3) is 0 Å². The SMILES string of the molecule is CCOC(C)CCOCCOCCCCNC(=O)CCSSc1ccccn1. The summed E-state index contributed by atoms with van der Waals surface area (Å²) >= 11 is 0. The highest BCUT2D eigenvalue weighted by atomic mass is 33.1. The fraction of sp³-hybridized carbons (Fsp3) is 0.700. The average Bonchev–Trinajstić information content (AvgIpc) is 2.70. The molecule has 0 bridgehead atoms. The smallest absolute Gasteiger partial charge is 0.220 e. The van der Waals surface area contributed by atoms with Gasteiger partial charge in [-0.1, -0.05) is 16.9 Å². The second kappa shape index (κ2) is 18.2. The van der Waals surface area contributed by atoms with Crippen molar-refractivity contribution in [3.05, 3.63) is 24.4 Å². The van der Waals surface area contributed by atoms with Gasteiger partial charge in [-0.3, -0.25) is 4.79 Å². The molecular formula is C20H34N2O4S2. The van der Waals surface area contributed by atoms with Crippen LogP contribution in [0.25, 0.3) is 0 Å². The molecule has 1 aromatic heterocycles. The Kier molecular flexibility index (Phi) is 16.4. The van der Waals surface area contributed by atoms with Crippen LogP contribution in [0.3, 0.4) is 0 Å². The molecule has 1 atom stereocenters. The van der Waals surface area contributed by atoms with Gasteiger partial charge in [0.05, 0.1) is 19.3 Å². The lowest BCUT2D eigenvalue weighted by Crippen LogP contribution is -2.24. The van der Waals surface area contributed by atoms with E-state index in [9.17, 15) is 4.79 Å². The molecule has 28 heavy (non-hydrogen) atoms. The number of rotatable bonds is 18. The molecule has 1 unspecified atom stereocenters. The molecule has 1 amide bonds. The highest BCUT2D eigenvalue weighted by Gasteiger charge is 2.02. The van der Waals surface area contributed by atoms with Crippen molar-refractivity contribution in [2.24, 2.45) is 0 Å². The first-order valence-corrected chi connectivity index (χ1v) is 12.3. The lowest BCUT2D eigenvalue weighted by Gasteiger charge is -2.11. The van der Waals surface area contributed by atoms with Gasteiger partial charge >= 0.3 is 0 Å². The van der Waals surface area contributed by atoms with Crippen molar-refractivity contribution < 1.29 is 19.0 Å². The molecule has 8 heteroatoms. The van der Waals surface area contributed by atoms with Crippen molar-refractivity contribution in [3.63, 3.8) is 0 Å². The minimum Gasteiger partial charge on any atom is -0.379 e. The lowest BCUT2D eigenvalue weighted by atomic mass is 10.3. The Hall–Kier alpha value is -0.800. The van der Waals surface area contributed by atoms with Crippen molar-refractivity contribution in [2.75, 3.05) is 45.3 Å². The van der Waals surface area contributed by atoms with Gasteiger partial charge in [-0.05, 0) is 56.0 Å². The van der Waals surface area contributed by atoms with E-state index in [2.05, 4.69) is 17.2 Å². The third-order valence-corrected chi connectivity index (χ3v) is 5.99. The maximum atomic E-state index is 11.8. The number of ether oxygens (including phenoxy) is 3. The molecule has 0 aliphatic carbocycles. The van der Waals surface area contributed by atoms with E-state index in [-0.39, 0.29) is 12.0 Å². The van der Waals surface area contributed by atoms with E-state index in [4.69, 9.17) is 14.2 Å². The monoisotopic (exact) mass is 430 g/mol. The minimum absolute atomic E-state index is 0.102. The van der Waals surface area contributed by atoms with Crippen molar-refractivity contribution in [1.82, 2.24) is 10.3 Å². The molecular weight excluding hydrogens is 396 g/mol. The number of aromatic nitrogens is 1. The Morgan fingerprint density at radius 3 is 2.75 bits per heavy atom. The Morgan fingerprint density at radius 1 is 1.18 bits per heavy atom. The second-order valence-corrected chi connectivity index (χ2v) is 8.60. The summed E-state index contributed by atoms with van der Waals surface area (Å²) in [5, 5.41) is 3.92. The molecule has 0 spiro atoms. The summed E-state index contributed by atoms with van der Waals surface area (Å²) in [6, 6.07) is 5.83. The number of nitrogens with zero attached hydrogens (tertiary/aromatic N) is 1. The van der Waals surface area contributed by atoms with Gasteiger partial charge in [-0.15, -0.1) is 0 Å². The van der Waals surface area contributed by atoms with Crippen molar-refractivity contribution in [2.45, 2.75) is 50.7 Å². The lowest BCUT2D eigenvalue weighted by molar-refractivity contribution is -0.120. The zero-order valence-electron chi connectivity index (χ0n) is 17.1. The van der Waals surface area contributed by atoms with Crippen LogP contribution in [0.2, 0.25) is 0 Å². The first-order chi connectivity index (χ1) is 13.7. The molecule has 0 radical (unpaired) electrons. The van der Waals surface area contributed by atoms with Gasteiger partial charge in [0.15, 0.2) is 0 Å². The second-order valence-electron chi connectivity index (χ2n) is 6.16. The maximum absolute atomic E-state index is 11.8. The summed E-state index contributed by atoms with van der Waals surface area (Å²) in [6.45, 7) is 8.13. The summed E-state index contributed by atoms with van der Waals surface area (Å²) in [6.07, 6.45) is 5.32. The van der Waals surface area contributed by atoms with E-state index in [0.29, 0.717) is 39.4 Å². The van der Waals surface area contributed by atoms with E-state index in [1.807, 2.05) is 25.1 Å². The van der Waals surface area contributed by atoms with Crippen LogP contribution in [0.15, 0.2) is 29.4 Å². The third kappa shape index (κ3) is 15.2. The number of hydrogen-bond acceptors (Lipinski definition) is 7. The maximum Gasteiger partial charge on any atom is 0.220 e. The summed E-state index contributed by atoms with van der Waals surface area (Å²) in [5.41, 5.74) is 0. The van der Waals surface area contributed by atoms with E-state index in [1.165, 1.54) is 0 Å². The Morgan fingerprint density at radius 2 is 2.00 bits per heavy atom. The molecule has 0 saturated carbocycles. The topological polar surface area (TPSA) is 69.7 Å². The number of pyridine rings is 1. The molecule has 0 saturated heterocycles. The van der Waals surface area contributed by atoms with Crippen molar-refractivity contribution in [1.29, 1.82) is 0 Å². The zero-order valence-corrected chi connectivity index (χ0v) is 18.7. The van der Waals surface area contributed by atoms with Crippen LogP contribution in [0.4, 0.5) is 0 Å². The van der Waals surface area contributed by atoms with Crippen LogP contribution in [0.1, 0.15) is 39.5 Å². The fourth-order valence-electron chi connectivity index (χ4n) is 2.22. The van der Waals surface area contributed by atoms with E-state index < -0.39 is 0 Å². The van der Waals surface area contributed by atoms with Crippen molar-refractivity contribution >= 4 is 27.5 Å². The molecule has 160 valence electrons. The highest BCUT2D eigenvalue weighted by molar-refractivity contribution is 8.76. The Labute approximate surface area is 177 Å². The number of carbonyl (C=O) groups is 1. The number of carbonyl (C=O) groups excluding carboxylic acids is 1. The van der Waals surface area contributed by atoms with Gasteiger partial charge in [-0.25, -0.2) is 4.98 Å². The van der Waals surface area contributed by atoms with Crippen LogP contribution >= 0.6 is 21.6 Å². The molecule has 0 aromatic carbocycles. The van der Waals surface area contributed by atoms with Gasteiger partial charge in [0.2, 0.25) is 5.91 Å². The van der Waals surface area contributed by atoms with Gasteiger partial charge in [-0.2, -0.15) is 0 Å². The molecule has 6 nitrogen and oxygen atoms in total. The minimum atomic E-state index is 0.102. The van der Waals surface area contributed by atoms with E-state index >= 15 is 0 Å². The first-order valence-electron chi connectivity index (χ1n) is 9.96. The van der Waals surface area contributed by atoms with Crippen LogP contribution in [0, 0.1) is 0 Å². The molecule has 1 heterocycles. The van der Waals surface area contributed by atoms with Crippen LogP contribution in [0.5, 0.6) is 0 Å². The summed E-state index contributed by atoms with van der Waals surface area (Å²) < 4.78 is 16.5. The largest absolute Gasteiger partial charge is 0.379 e. The number of hydrogen-bond donors (Lipinski definition) is 1. The summed E-state index contributed by atoms with van der Waals surface area (Å²) in [7, 11) is 3.25. The van der Waals surface area contributed by atoms with Crippen LogP contribution in [-0.4, -0.2) is 62.3 Å². The van der Waals surface area contributed by atoms with Crippen LogP contribution in [-0.2, 0) is 19.0 Å². The predicted octanol–water partition coefficient (Wildman–Crippen LogP) is 3.96. The summed E-state index contributed by atoms with van der Waals surface area (Å²) in [4.78, 5) is 16.0. The molecule has 1 aromatic rings. The number of nitrogens with one attached hydrogen (secondary N) is 1. The van der Waals surface area contributed by atoms with E-state index in [0.717, 1.165) is 36.6 Å². The molecule has 0 aliphatic rings.